The number of benzene rings is 1. The van der Waals surface area contributed by atoms with Crippen molar-refractivity contribution in [3.8, 4) is 5.75 Å². The quantitative estimate of drug-likeness (QED) is 0.914. The van der Waals surface area contributed by atoms with Crippen LogP contribution >= 0.6 is 0 Å². The molecule has 114 valence electrons. The first-order valence-electron chi connectivity index (χ1n) is 7.03. The van der Waals surface area contributed by atoms with E-state index in [0.717, 1.165) is 41.0 Å². The van der Waals surface area contributed by atoms with Gasteiger partial charge < -0.3 is 19.5 Å². The van der Waals surface area contributed by atoms with Gasteiger partial charge in [0, 0.05) is 31.0 Å². The molecule has 0 fully saturated rings. The number of aromatic nitrogens is 1. The van der Waals surface area contributed by atoms with E-state index < -0.39 is 0 Å². The summed E-state index contributed by atoms with van der Waals surface area (Å²) in [4.78, 5) is 14.4. The molecule has 0 unspecified atom stereocenters. The van der Waals surface area contributed by atoms with E-state index in [1.807, 2.05) is 39.2 Å². The normalized spacial score (nSPS) is 11.1. The molecule has 1 aromatic carbocycles. The number of ether oxygens (including phenoxy) is 1. The van der Waals surface area contributed by atoms with Crippen LogP contribution in [0.3, 0.4) is 0 Å². The van der Waals surface area contributed by atoms with E-state index in [1.54, 1.807) is 14.2 Å². The highest BCUT2D eigenvalue weighted by atomic mass is 16.5. The molecule has 0 aliphatic heterocycles. The van der Waals surface area contributed by atoms with Crippen LogP contribution in [0.5, 0.6) is 5.75 Å². The zero-order valence-corrected chi connectivity index (χ0v) is 13.4. The molecule has 5 heteroatoms. The Kier molecular flexibility index (Phi) is 4.53. The van der Waals surface area contributed by atoms with Crippen molar-refractivity contribution in [2.75, 3.05) is 34.8 Å². The number of fused-ring (bicyclic) bond motifs is 1. The number of carbonyl (C=O) groups excluding carboxylic acids is 1. The second kappa shape index (κ2) is 6.18. The Balaban J connectivity index is 2.63. The standard InChI is InChI=1S/C16H23N3O2/c1-11-13-10-12(21-5)6-7-14(13)19(9-8-18(3)4)15(11)16(20)17-2/h6-7,10H,8-9H2,1-5H3,(H,17,20). The summed E-state index contributed by atoms with van der Waals surface area (Å²) in [6.45, 7) is 3.63. The van der Waals surface area contributed by atoms with Crippen molar-refractivity contribution >= 4 is 16.8 Å². The molecule has 0 aliphatic rings. The monoisotopic (exact) mass is 289 g/mol. The molecule has 0 radical (unpaired) electrons. The third kappa shape index (κ3) is 2.88. The van der Waals surface area contributed by atoms with Gasteiger partial charge in [-0.25, -0.2) is 0 Å². The van der Waals surface area contributed by atoms with E-state index in [9.17, 15) is 4.79 Å². The minimum Gasteiger partial charge on any atom is -0.497 e. The Morgan fingerprint density at radius 2 is 2.10 bits per heavy atom. The highest BCUT2D eigenvalue weighted by Gasteiger charge is 2.19. The van der Waals surface area contributed by atoms with Gasteiger partial charge in [0.15, 0.2) is 0 Å². The maximum Gasteiger partial charge on any atom is 0.267 e. The molecule has 21 heavy (non-hydrogen) atoms. The molecule has 0 saturated carbocycles. The second-order valence-corrected chi connectivity index (χ2v) is 5.39. The molecule has 0 atom stereocenters. The minimum absolute atomic E-state index is 0.0542. The van der Waals surface area contributed by atoms with Gasteiger partial charge in [0.2, 0.25) is 0 Å². The molecule has 2 aromatic rings. The van der Waals surface area contributed by atoms with Gasteiger partial charge >= 0.3 is 0 Å². The van der Waals surface area contributed by atoms with Crippen LogP contribution in [0.25, 0.3) is 10.9 Å². The van der Waals surface area contributed by atoms with Gasteiger partial charge in [-0.3, -0.25) is 4.79 Å². The van der Waals surface area contributed by atoms with Crippen LogP contribution in [0.15, 0.2) is 18.2 Å². The van der Waals surface area contributed by atoms with Crippen molar-refractivity contribution < 1.29 is 9.53 Å². The molecular formula is C16H23N3O2. The highest BCUT2D eigenvalue weighted by molar-refractivity contribution is 6.01. The van der Waals surface area contributed by atoms with Crippen molar-refractivity contribution in [2.45, 2.75) is 13.5 Å². The molecule has 1 aromatic heterocycles. The van der Waals surface area contributed by atoms with Crippen LogP contribution in [0.2, 0.25) is 0 Å². The van der Waals surface area contributed by atoms with Gasteiger partial charge in [-0.1, -0.05) is 0 Å². The van der Waals surface area contributed by atoms with Gasteiger partial charge in [-0.2, -0.15) is 0 Å². The third-order valence-corrected chi connectivity index (χ3v) is 3.74. The summed E-state index contributed by atoms with van der Waals surface area (Å²) in [5.74, 6) is 0.750. The topological polar surface area (TPSA) is 46.5 Å². The Morgan fingerprint density at radius 3 is 2.67 bits per heavy atom. The van der Waals surface area contributed by atoms with Crippen molar-refractivity contribution in [1.29, 1.82) is 0 Å². The number of methoxy groups -OCH3 is 1. The lowest BCUT2D eigenvalue weighted by Gasteiger charge is -2.14. The lowest BCUT2D eigenvalue weighted by molar-refractivity contribution is 0.0953. The van der Waals surface area contributed by atoms with Gasteiger partial charge in [0.1, 0.15) is 11.4 Å². The Hall–Kier alpha value is -2.01. The fraction of sp³-hybridized carbons (Fsp3) is 0.438. The summed E-state index contributed by atoms with van der Waals surface area (Å²) in [6.07, 6.45) is 0. The van der Waals surface area contributed by atoms with Crippen molar-refractivity contribution in [3.05, 3.63) is 29.5 Å². The zero-order valence-electron chi connectivity index (χ0n) is 13.4. The fourth-order valence-corrected chi connectivity index (χ4v) is 2.57. The molecule has 2 rings (SSSR count). The zero-order chi connectivity index (χ0) is 15.6. The molecule has 0 saturated heterocycles. The van der Waals surface area contributed by atoms with Crippen molar-refractivity contribution in [2.24, 2.45) is 0 Å². The summed E-state index contributed by atoms with van der Waals surface area (Å²) >= 11 is 0. The molecule has 1 amide bonds. The molecule has 0 aliphatic carbocycles. The average Bonchev–Trinajstić information content (AvgIpc) is 2.76. The Morgan fingerprint density at radius 1 is 1.38 bits per heavy atom. The second-order valence-electron chi connectivity index (χ2n) is 5.39. The summed E-state index contributed by atoms with van der Waals surface area (Å²) in [7, 11) is 7.37. The summed E-state index contributed by atoms with van der Waals surface area (Å²) in [5, 5.41) is 3.80. The van der Waals surface area contributed by atoms with Crippen LogP contribution in [0, 0.1) is 6.92 Å². The SMILES string of the molecule is CNC(=O)c1c(C)c2cc(OC)ccc2n1CCN(C)C. The van der Waals surface area contributed by atoms with Crippen LogP contribution in [0.1, 0.15) is 16.1 Å². The number of carbonyl (C=O) groups is 1. The molecular weight excluding hydrogens is 266 g/mol. The first-order chi connectivity index (χ1) is 9.99. The number of amides is 1. The van der Waals surface area contributed by atoms with Gasteiger partial charge in [0.25, 0.3) is 5.91 Å². The van der Waals surface area contributed by atoms with E-state index in [0.29, 0.717) is 0 Å². The maximum atomic E-state index is 12.2. The average molecular weight is 289 g/mol. The van der Waals surface area contributed by atoms with E-state index in [1.165, 1.54) is 0 Å². The van der Waals surface area contributed by atoms with Crippen LogP contribution in [-0.2, 0) is 6.54 Å². The van der Waals surface area contributed by atoms with Gasteiger partial charge in [0.05, 0.1) is 7.11 Å². The first kappa shape index (κ1) is 15.4. The number of nitrogens with zero attached hydrogens (tertiary/aromatic N) is 2. The van der Waals surface area contributed by atoms with Gasteiger partial charge in [-0.05, 0) is 44.8 Å². The number of aryl methyl sites for hydroxylation is 1. The smallest absolute Gasteiger partial charge is 0.267 e. The Bertz CT molecular complexity index is 659. The summed E-state index contributed by atoms with van der Waals surface area (Å²) in [6, 6.07) is 5.94. The third-order valence-electron chi connectivity index (χ3n) is 3.74. The van der Waals surface area contributed by atoms with E-state index in [-0.39, 0.29) is 5.91 Å². The maximum absolute atomic E-state index is 12.2. The van der Waals surface area contributed by atoms with E-state index in [2.05, 4.69) is 14.8 Å². The molecule has 0 bridgehead atoms. The fourth-order valence-electron chi connectivity index (χ4n) is 2.57. The van der Waals surface area contributed by atoms with Crippen molar-refractivity contribution in [3.63, 3.8) is 0 Å². The first-order valence-corrected chi connectivity index (χ1v) is 7.03. The lowest BCUT2D eigenvalue weighted by atomic mass is 10.1. The predicted molar refractivity (Wildman–Crippen MR) is 85.2 cm³/mol. The van der Waals surface area contributed by atoms with Crippen molar-refractivity contribution in [1.82, 2.24) is 14.8 Å². The summed E-state index contributed by atoms with van der Waals surface area (Å²) in [5.41, 5.74) is 2.78. The molecule has 5 nitrogen and oxygen atoms in total. The predicted octanol–water partition coefficient (Wildman–Crippen LogP) is 1.88. The largest absolute Gasteiger partial charge is 0.497 e. The molecule has 1 N–H and O–H groups in total. The number of rotatable bonds is 5. The highest BCUT2D eigenvalue weighted by Crippen LogP contribution is 2.29. The number of hydrogen-bond acceptors (Lipinski definition) is 3. The minimum atomic E-state index is -0.0542. The Labute approximate surface area is 125 Å². The van der Waals surface area contributed by atoms with E-state index >= 15 is 0 Å². The van der Waals surface area contributed by atoms with E-state index in [4.69, 9.17) is 4.74 Å². The van der Waals surface area contributed by atoms with Crippen LogP contribution in [-0.4, -0.2) is 50.2 Å². The number of hydrogen-bond donors (Lipinski definition) is 1. The van der Waals surface area contributed by atoms with Crippen LogP contribution in [0.4, 0.5) is 0 Å². The summed E-state index contributed by atoms with van der Waals surface area (Å²) < 4.78 is 7.38. The molecule has 0 spiro atoms. The van der Waals surface area contributed by atoms with Gasteiger partial charge in [-0.15, -0.1) is 0 Å². The molecule has 1 heterocycles. The number of likely N-dealkylation sites (N-methyl/N-ethyl adjacent to an activating group) is 1. The van der Waals surface area contributed by atoms with Crippen LogP contribution < -0.4 is 10.1 Å². The number of nitrogens with one attached hydrogen (secondary N) is 1. The lowest BCUT2D eigenvalue weighted by Crippen LogP contribution is -2.25.